The van der Waals surface area contributed by atoms with Crippen LogP contribution in [0.5, 0.6) is 0 Å². The molecule has 0 aliphatic heterocycles. The predicted octanol–water partition coefficient (Wildman–Crippen LogP) is 1.76. The molecule has 1 N–H and O–H groups in total. The molecule has 2 atom stereocenters. The third kappa shape index (κ3) is 1.28. The number of aliphatic hydroxyl groups is 1. The second-order valence-corrected chi connectivity index (χ2v) is 4.85. The summed E-state index contributed by atoms with van der Waals surface area (Å²) in [5.41, 5.74) is -0.983. The third-order valence-electron chi connectivity index (χ3n) is 3.50. The predicted molar refractivity (Wildman–Crippen MR) is 47.8 cm³/mol. The van der Waals surface area contributed by atoms with Gasteiger partial charge in [0.25, 0.3) is 0 Å². The highest BCUT2D eigenvalue weighted by atomic mass is 16.3. The van der Waals surface area contributed by atoms with Crippen molar-refractivity contribution in [3.05, 3.63) is 0 Å². The minimum atomic E-state index is -0.707. The van der Waals surface area contributed by atoms with E-state index in [1.807, 2.05) is 27.7 Å². The summed E-state index contributed by atoms with van der Waals surface area (Å²) in [7, 11) is 0. The number of Topliss-reactive ketones (excluding diaryl/α,β-unsaturated/α-hetero) is 1. The van der Waals surface area contributed by atoms with E-state index >= 15 is 0 Å². The molecule has 70 valence electrons. The van der Waals surface area contributed by atoms with Crippen molar-refractivity contribution in [2.75, 3.05) is 0 Å². The van der Waals surface area contributed by atoms with Crippen molar-refractivity contribution in [3.63, 3.8) is 0 Å². The van der Waals surface area contributed by atoms with Crippen LogP contribution >= 0.6 is 0 Å². The molecule has 1 rings (SSSR count). The lowest BCUT2D eigenvalue weighted by Gasteiger charge is -2.47. The van der Waals surface area contributed by atoms with Crippen LogP contribution in [0.3, 0.4) is 0 Å². The van der Waals surface area contributed by atoms with E-state index in [0.717, 1.165) is 0 Å². The van der Waals surface area contributed by atoms with Gasteiger partial charge in [-0.2, -0.15) is 0 Å². The van der Waals surface area contributed by atoms with Gasteiger partial charge in [0.05, 0.1) is 5.60 Å². The summed E-state index contributed by atoms with van der Waals surface area (Å²) in [4.78, 5) is 11.3. The van der Waals surface area contributed by atoms with Gasteiger partial charge in [-0.3, -0.25) is 4.79 Å². The summed E-state index contributed by atoms with van der Waals surface area (Å²) in [6.45, 7) is 7.70. The highest BCUT2D eigenvalue weighted by Gasteiger charge is 2.48. The molecule has 1 fully saturated rings. The van der Waals surface area contributed by atoms with E-state index in [1.165, 1.54) is 0 Å². The normalized spacial score (nSPS) is 41.4. The van der Waals surface area contributed by atoms with Gasteiger partial charge in [0.15, 0.2) is 0 Å². The van der Waals surface area contributed by atoms with E-state index < -0.39 is 5.60 Å². The van der Waals surface area contributed by atoms with Crippen LogP contribution in [0, 0.1) is 11.3 Å². The third-order valence-corrected chi connectivity index (χ3v) is 3.50. The molecule has 12 heavy (non-hydrogen) atoms. The van der Waals surface area contributed by atoms with Gasteiger partial charge in [-0.25, -0.2) is 0 Å². The van der Waals surface area contributed by atoms with Crippen molar-refractivity contribution >= 4 is 5.78 Å². The number of hydrogen-bond acceptors (Lipinski definition) is 2. The lowest BCUT2D eigenvalue weighted by atomic mass is 9.61. The topological polar surface area (TPSA) is 37.3 Å². The molecular weight excluding hydrogens is 152 g/mol. The first-order valence-corrected chi connectivity index (χ1v) is 4.51. The van der Waals surface area contributed by atoms with Gasteiger partial charge in [0, 0.05) is 18.3 Å². The molecule has 0 aromatic carbocycles. The van der Waals surface area contributed by atoms with Gasteiger partial charge >= 0.3 is 0 Å². The minimum Gasteiger partial charge on any atom is -0.389 e. The molecule has 1 saturated carbocycles. The number of hydrogen-bond donors (Lipinski definition) is 1. The lowest BCUT2D eigenvalue weighted by molar-refractivity contribution is -0.150. The second kappa shape index (κ2) is 2.56. The van der Waals surface area contributed by atoms with Crippen molar-refractivity contribution in [2.45, 2.75) is 46.1 Å². The zero-order chi connectivity index (χ0) is 9.57. The Hall–Kier alpha value is -0.370. The van der Waals surface area contributed by atoms with Crippen LogP contribution in [0.2, 0.25) is 0 Å². The van der Waals surface area contributed by atoms with Gasteiger partial charge in [-0.05, 0) is 12.8 Å². The van der Waals surface area contributed by atoms with Crippen LogP contribution in [-0.2, 0) is 4.79 Å². The molecular formula is C10H18O2. The van der Waals surface area contributed by atoms with Crippen molar-refractivity contribution in [2.24, 2.45) is 11.3 Å². The molecule has 0 aromatic rings. The molecule has 0 amide bonds. The first kappa shape index (κ1) is 9.72. The van der Waals surface area contributed by atoms with Crippen molar-refractivity contribution in [3.8, 4) is 0 Å². The Kier molecular flexibility index (Phi) is 2.07. The SMILES string of the molecule is CC1CC(=O)CC(C)(C)C1(C)O. The second-order valence-electron chi connectivity index (χ2n) is 4.85. The van der Waals surface area contributed by atoms with Crippen LogP contribution in [0.15, 0.2) is 0 Å². The van der Waals surface area contributed by atoms with Crippen LogP contribution in [0.4, 0.5) is 0 Å². The van der Waals surface area contributed by atoms with Gasteiger partial charge in [-0.1, -0.05) is 20.8 Å². The molecule has 2 nitrogen and oxygen atoms in total. The van der Waals surface area contributed by atoms with Crippen LogP contribution < -0.4 is 0 Å². The Labute approximate surface area is 74.0 Å². The molecule has 2 heteroatoms. The molecule has 0 spiro atoms. The summed E-state index contributed by atoms with van der Waals surface area (Å²) in [5.74, 6) is 0.354. The largest absolute Gasteiger partial charge is 0.389 e. The Morgan fingerprint density at radius 3 is 2.33 bits per heavy atom. The van der Waals surface area contributed by atoms with E-state index in [2.05, 4.69) is 0 Å². The number of ketones is 1. The van der Waals surface area contributed by atoms with Crippen LogP contribution in [0.1, 0.15) is 40.5 Å². The molecule has 0 bridgehead atoms. The zero-order valence-electron chi connectivity index (χ0n) is 8.35. The maximum Gasteiger partial charge on any atom is 0.133 e. The average Bonchev–Trinajstić information content (AvgIpc) is 1.82. The summed E-state index contributed by atoms with van der Waals surface area (Å²) < 4.78 is 0. The maximum atomic E-state index is 11.3. The number of carbonyl (C=O) groups excluding carboxylic acids is 1. The highest BCUT2D eigenvalue weighted by Crippen LogP contribution is 2.45. The molecule has 1 aliphatic carbocycles. The fourth-order valence-electron chi connectivity index (χ4n) is 1.95. The van der Waals surface area contributed by atoms with E-state index in [-0.39, 0.29) is 17.1 Å². The monoisotopic (exact) mass is 170 g/mol. The lowest BCUT2D eigenvalue weighted by Crippen LogP contribution is -2.52. The summed E-state index contributed by atoms with van der Waals surface area (Å²) in [6, 6.07) is 0. The Morgan fingerprint density at radius 1 is 1.42 bits per heavy atom. The van der Waals surface area contributed by atoms with Gasteiger partial charge < -0.3 is 5.11 Å². The zero-order valence-corrected chi connectivity index (χ0v) is 8.35. The molecule has 0 aromatic heterocycles. The molecule has 0 radical (unpaired) electrons. The fourth-order valence-corrected chi connectivity index (χ4v) is 1.95. The molecule has 1 aliphatic rings. The summed E-state index contributed by atoms with van der Waals surface area (Å²) in [6.07, 6.45) is 1.03. The molecule has 0 saturated heterocycles. The Balaban J connectivity index is 2.94. The first-order valence-electron chi connectivity index (χ1n) is 4.51. The van der Waals surface area contributed by atoms with E-state index in [4.69, 9.17) is 0 Å². The molecule has 0 heterocycles. The van der Waals surface area contributed by atoms with Crippen molar-refractivity contribution in [1.82, 2.24) is 0 Å². The first-order chi connectivity index (χ1) is 5.27. The Bertz CT molecular complexity index is 204. The van der Waals surface area contributed by atoms with Crippen molar-refractivity contribution in [1.29, 1.82) is 0 Å². The molecule has 2 unspecified atom stereocenters. The summed E-state index contributed by atoms with van der Waals surface area (Å²) >= 11 is 0. The number of rotatable bonds is 0. The number of carbonyl (C=O) groups is 1. The minimum absolute atomic E-state index is 0.0775. The summed E-state index contributed by atoms with van der Waals surface area (Å²) in [5, 5.41) is 10.1. The van der Waals surface area contributed by atoms with E-state index in [9.17, 15) is 9.90 Å². The van der Waals surface area contributed by atoms with Gasteiger partial charge in [0.2, 0.25) is 0 Å². The van der Waals surface area contributed by atoms with Gasteiger partial charge in [-0.15, -0.1) is 0 Å². The fraction of sp³-hybridized carbons (Fsp3) is 0.900. The van der Waals surface area contributed by atoms with E-state index in [1.54, 1.807) is 0 Å². The standard InChI is InChI=1S/C10H18O2/c1-7-5-8(11)6-9(2,3)10(7,4)12/h7,12H,5-6H2,1-4H3. The van der Waals surface area contributed by atoms with Gasteiger partial charge in [0.1, 0.15) is 5.78 Å². The van der Waals surface area contributed by atoms with Crippen LogP contribution in [-0.4, -0.2) is 16.5 Å². The average molecular weight is 170 g/mol. The van der Waals surface area contributed by atoms with Crippen LogP contribution in [0.25, 0.3) is 0 Å². The van der Waals surface area contributed by atoms with E-state index in [0.29, 0.717) is 12.8 Å². The van der Waals surface area contributed by atoms with Crippen molar-refractivity contribution < 1.29 is 9.90 Å². The highest BCUT2D eigenvalue weighted by molar-refractivity contribution is 5.80. The smallest absolute Gasteiger partial charge is 0.133 e. The quantitative estimate of drug-likeness (QED) is 0.601. The Morgan fingerprint density at radius 2 is 1.92 bits per heavy atom. The maximum absolute atomic E-state index is 11.3.